The van der Waals surface area contributed by atoms with Crippen molar-refractivity contribution in [3.8, 4) is 11.3 Å². The average Bonchev–Trinajstić information content (AvgIpc) is 3.35. The van der Waals surface area contributed by atoms with Crippen molar-refractivity contribution in [3.05, 3.63) is 88.3 Å². The van der Waals surface area contributed by atoms with Crippen LogP contribution in [0.4, 0.5) is 0 Å². The molecule has 7 heteroatoms. The normalized spacial score (nSPS) is 14.6. The summed E-state index contributed by atoms with van der Waals surface area (Å²) in [6.07, 6.45) is 1.50. The largest absolute Gasteiger partial charge is 0.465 e. The van der Waals surface area contributed by atoms with Gasteiger partial charge in [0, 0.05) is 11.6 Å². The molecular formula is C22H14ClNO5. The van der Waals surface area contributed by atoms with Crippen LogP contribution in [0.2, 0.25) is 5.02 Å². The van der Waals surface area contributed by atoms with E-state index >= 15 is 0 Å². The highest BCUT2D eigenvalue weighted by molar-refractivity contribution is 6.34. The minimum absolute atomic E-state index is 0.113. The Labute approximate surface area is 171 Å². The van der Waals surface area contributed by atoms with E-state index in [0.717, 1.165) is 5.56 Å². The molecule has 6 nitrogen and oxygen atoms in total. The maximum Gasteiger partial charge on any atom is 0.363 e. The smallest absolute Gasteiger partial charge is 0.363 e. The van der Waals surface area contributed by atoms with Crippen LogP contribution >= 0.6 is 11.6 Å². The van der Waals surface area contributed by atoms with Crippen LogP contribution in [-0.4, -0.2) is 24.9 Å². The predicted octanol–water partition coefficient (Wildman–Crippen LogP) is 4.73. The molecule has 1 aliphatic heterocycles. The first-order chi connectivity index (χ1) is 14.0. The van der Waals surface area contributed by atoms with Gasteiger partial charge in [0.2, 0.25) is 5.90 Å². The van der Waals surface area contributed by atoms with Gasteiger partial charge in [0.25, 0.3) is 0 Å². The number of esters is 2. The number of rotatable bonds is 4. The van der Waals surface area contributed by atoms with Gasteiger partial charge in [-0.2, -0.15) is 0 Å². The van der Waals surface area contributed by atoms with Crippen molar-refractivity contribution in [3.63, 3.8) is 0 Å². The van der Waals surface area contributed by atoms with Crippen molar-refractivity contribution in [2.24, 2.45) is 4.99 Å². The summed E-state index contributed by atoms with van der Waals surface area (Å²) < 4.78 is 15.7. The fourth-order valence-electron chi connectivity index (χ4n) is 2.77. The average molecular weight is 408 g/mol. The van der Waals surface area contributed by atoms with Gasteiger partial charge in [0.1, 0.15) is 11.5 Å². The summed E-state index contributed by atoms with van der Waals surface area (Å²) in [4.78, 5) is 27.9. The number of ether oxygens (including phenoxy) is 2. The number of cyclic esters (lactones) is 1. The zero-order valence-electron chi connectivity index (χ0n) is 15.2. The highest BCUT2D eigenvalue weighted by Crippen LogP contribution is 2.27. The van der Waals surface area contributed by atoms with Gasteiger partial charge in [-0.25, -0.2) is 14.6 Å². The SMILES string of the molecule is COC(=O)c1ccc(-c2ccc(C=C3N=C(c4ccccc4Cl)OC3=O)o2)cc1. The number of carbonyl (C=O) groups excluding carboxylic acids is 2. The van der Waals surface area contributed by atoms with Crippen molar-refractivity contribution in [1.82, 2.24) is 0 Å². The third-order valence-corrected chi connectivity index (χ3v) is 4.55. The molecule has 0 radical (unpaired) electrons. The van der Waals surface area contributed by atoms with E-state index in [4.69, 9.17) is 20.8 Å². The van der Waals surface area contributed by atoms with Crippen molar-refractivity contribution >= 4 is 35.5 Å². The standard InChI is InChI=1S/C22H14ClNO5/c1-27-21(25)14-8-6-13(7-9-14)19-11-10-15(28-19)12-18-22(26)29-20(24-18)16-4-2-3-5-17(16)23/h2-12H,1H3. The number of aliphatic imine (C=N–C) groups is 1. The molecule has 0 amide bonds. The zero-order chi connectivity index (χ0) is 20.4. The second-order valence-electron chi connectivity index (χ2n) is 6.09. The van der Waals surface area contributed by atoms with Crippen molar-refractivity contribution < 1.29 is 23.5 Å². The lowest BCUT2D eigenvalue weighted by atomic mass is 10.1. The minimum atomic E-state index is -0.583. The first-order valence-electron chi connectivity index (χ1n) is 8.61. The van der Waals surface area contributed by atoms with Crippen molar-refractivity contribution in [2.75, 3.05) is 7.11 Å². The van der Waals surface area contributed by atoms with E-state index in [9.17, 15) is 9.59 Å². The second kappa shape index (κ2) is 7.77. The second-order valence-corrected chi connectivity index (χ2v) is 6.49. The maximum atomic E-state index is 12.1. The Hall–Kier alpha value is -3.64. The molecule has 4 rings (SSSR count). The Kier molecular flexibility index (Phi) is 5.01. The number of methoxy groups -OCH3 is 1. The first-order valence-corrected chi connectivity index (χ1v) is 8.99. The minimum Gasteiger partial charge on any atom is -0.465 e. The molecular weight excluding hydrogens is 394 g/mol. The highest BCUT2D eigenvalue weighted by atomic mass is 35.5. The first kappa shape index (κ1) is 18.7. The van der Waals surface area contributed by atoms with Crippen LogP contribution in [0.25, 0.3) is 17.4 Å². The fourth-order valence-corrected chi connectivity index (χ4v) is 2.98. The van der Waals surface area contributed by atoms with Crippen LogP contribution in [0.1, 0.15) is 21.7 Å². The van der Waals surface area contributed by atoms with Gasteiger partial charge in [-0.05, 0) is 36.4 Å². The summed E-state index contributed by atoms with van der Waals surface area (Å²) in [5.41, 5.74) is 1.87. The topological polar surface area (TPSA) is 78.1 Å². The van der Waals surface area contributed by atoms with Gasteiger partial charge in [0.15, 0.2) is 5.70 Å². The number of carbonyl (C=O) groups is 2. The van der Waals surface area contributed by atoms with Crippen LogP contribution in [-0.2, 0) is 14.3 Å². The number of benzene rings is 2. The molecule has 0 N–H and O–H groups in total. The lowest BCUT2D eigenvalue weighted by Crippen LogP contribution is -2.05. The molecule has 0 bridgehead atoms. The van der Waals surface area contributed by atoms with E-state index < -0.39 is 11.9 Å². The van der Waals surface area contributed by atoms with Crippen molar-refractivity contribution in [1.29, 1.82) is 0 Å². The third-order valence-electron chi connectivity index (χ3n) is 4.22. The Morgan fingerprint density at radius 1 is 1.07 bits per heavy atom. The van der Waals surface area contributed by atoms with E-state index in [1.165, 1.54) is 13.2 Å². The van der Waals surface area contributed by atoms with Crippen LogP contribution < -0.4 is 0 Å². The molecule has 29 heavy (non-hydrogen) atoms. The molecule has 3 aromatic rings. The number of furan rings is 1. The van der Waals surface area contributed by atoms with Crippen LogP contribution in [0.5, 0.6) is 0 Å². The summed E-state index contributed by atoms with van der Waals surface area (Å²) in [7, 11) is 1.33. The Morgan fingerprint density at radius 3 is 2.55 bits per heavy atom. The van der Waals surface area contributed by atoms with Crippen LogP contribution in [0.3, 0.4) is 0 Å². The van der Waals surface area contributed by atoms with E-state index in [0.29, 0.717) is 27.7 Å². The van der Waals surface area contributed by atoms with Crippen LogP contribution in [0, 0.1) is 0 Å². The van der Waals surface area contributed by atoms with Gasteiger partial charge in [-0.3, -0.25) is 0 Å². The number of nitrogens with zero attached hydrogens (tertiary/aromatic N) is 1. The lowest BCUT2D eigenvalue weighted by Gasteiger charge is -2.00. The number of hydrogen-bond acceptors (Lipinski definition) is 6. The third kappa shape index (κ3) is 3.83. The molecule has 2 heterocycles. The quantitative estimate of drug-likeness (QED) is 0.461. The molecule has 0 unspecified atom stereocenters. The maximum absolute atomic E-state index is 12.1. The van der Waals surface area contributed by atoms with Crippen molar-refractivity contribution in [2.45, 2.75) is 0 Å². The van der Waals surface area contributed by atoms with E-state index in [2.05, 4.69) is 9.73 Å². The summed E-state index contributed by atoms with van der Waals surface area (Å²) in [5.74, 6) is 0.175. The molecule has 0 saturated carbocycles. The monoisotopic (exact) mass is 407 g/mol. The van der Waals surface area contributed by atoms with Gasteiger partial charge in [-0.1, -0.05) is 35.9 Å². The highest BCUT2D eigenvalue weighted by Gasteiger charge is 2.25. The summed E-state index contributed by atoms with van der Waals surface area (Å²) in [5, 5.41) is 0.441. The van der Waals surface area contributed by atoms with Gasteiger partial charge >= 0.3 is 11.9 Å². The summed E-state index contributed by atoms with van der Waals surface area (Å²) in [6.45, 7) is 0. The zero-order valence-corrected chi connectivity index (χ0v) is 16.0. The molecule has 0 spiro atoms. The molecule has 0 atom stereocenters. The Morgan fingerprint density at radius 2 is 1.83 bits per heavy atom. The molecule has 1 aromatic heterocycles. The Balaban J connectivity index is 1.58. The van der Waals surface area contributed by atoms with E-state index in [1.807, 2.05) is 0 Å². The van der Waals surface area contributed by atoms with Gasteiger partial charge in [-0.15, -0.1) is 0 Å². The molecule has 144 valence electrons. The molecule has 0 aliphatic carbocycles. The van der Waals surface area contributed by atoms with E-state index in [-0.39, 0.29) is 11.6 Å². The lowest BCUT2D eigenvalue weighted by molar-refractivity contribution is -0.129. The molecule has 0 fully saturated rings. The number of halogens is 1. The number of hydrogen-bond donors (Lipinski definition) is 0. The Bertz CT molecular complexity index is 1160. The van der Waals surface area contributed by atoms with E-state index in [1.54, 1.807) is 60.7 Å². The summed E-state index contributed by atoms with van der Waals surface area (Å²) >= 11 is 6.13. The predicted molar refractivity (Wildman–Crippen MR) is 108 cm³/mol. The molecule has 0 saturated heterocycles. The van der Waals surface area contributed by atoms with Gasteiger partial charge < -0.3 is 13.9 Å². The molecule has 2 aromatic carbocycles. The fraction of sp³-hybridized carbons (Fsp3) is 0.0455. The van der Waals surface area contributed by atoms with Crippen LogP contribution in [0.15, 0.2) is 75.8 Å². The molecule has 1 aliphatic rings. The van der Waals surface area contributed by atoms with Gasteiger partial charge in [0.05, 0.1) is 23.3 Å². The summed E-state index contributed by atoms with van der Waals surface area (Å²) in [6, 6.07) is 17.3.